The first-order valence-electron chi connectivity index (χ1n) is 16.8. The summed E-state index contributed by atoms with van der Waals surface area (Å²) in [6.07, 6.45) is 11.3. The van der Waals surface area contributed by atoms with Crippen LogP contribution >= 0.6 is 0 Å². The highest BCUT2D eigenvalue weighted by Gasteiger charge is 2.23. The van der Waals surface area contributed by atoms with Gasteiger partial charge in [-0.05, 0) is 103 Å². The maximum atomic E-state index is 15.3. The first-order valence-corrected chi connectivity index (χ1v) is 16.8. The SMILES string of the molecule is C=C(C)C(=O)OCC(COC=O)Cc1c(F)cc(-c2ccc(-c3ccc(C4CCC(CCCCC)CC4)cc3)c(CC)c2)cc1F. The minimum atomic E-state index is -0.704. The highest BCUT2D eigenvalue weighted by molar-refractivity contribution is 5.86. The third-order valence-electron chi connectivity index (χ3n) is 9.41. The summed E-state index contributed by atoms with van der Waals surface area (Å²) < 4.78 is 40.7. The van der Waals surface area contributed by atoms with E-state index in [1.807, 2.05) is 18.2 Å². The van der Waals surface area contributed by atoms with Gasteiger partial charge in [-0.3, -0.25) is 4.79 Å². The van der Waals surface area contributed by atoms with Crippen molar-refractivity contribution in [3.63, 3.8) is 0 Å². The van der Waals surface area contributed by atoms with Crippen LogP contribution in [0.5, 0.6) is 0 Å². The van der Waals surface area contributed by atoms with Gasteiger partial charge in [0.15, 0.2) is 0 Å². The molecule has 1 aliphatic rings. The molecule has 0 aliphatic heterocycles. The van der Waals surface area contributed by atoms with Crippen molar-refractivity contribution < 1.29 is 27.8 Å². The highest BCUT2D eigenvalue weighted by atomic mass is 19.1. The van der Waals surface area contributed by atoms with E-state index < -0.39 is 23.5 Å². The van der Waals surface area contributed by atoms with Crippen molar-refractivity contribution in [3.05, 3.63) is 95.1 Å². The normalized spacial score (nSPS) is 16.9. The topological polar surface area (TPSA) is 52.6 Å². The third-order valence-corrected chi connectivity index (χ3v) is 9.41. The average molecular weight is 631 g/mol. The highest BCUT2D eigenvalue weighted by Crippen LogP contribution is 2.39. The lowest BCUT2D eigenvalue weighted by Crippen LogP contribution is -2.22. The number of rotatable bonds is 16. The van der Waals surface area contributed by atoms with Gasteiger partial charge in [-0.15, -0.1) is 0 Å². The molecule has 6 heteroatoms. The van der Waals surface area contributed by atoms with Gasteiger partial charge in [-0.1, -0.05) is 88.6 Å². The molecule has 46 heavy (non-hydrogen) atoms. The molecule has 4 nitrogen and oxygen atoms in total. The second-order valence-electron chi connectivity index (χ2n) is 12.9. The zero-order valence-corrected chi connectivity index (χ0v) is 27.6. The third kappa shape index (κ3) is 9.37. The van der Waals surface area contributed by atoms with Crippen molar-refractivity contribution in [2.45, 2.75) is 90.9 Å². The van der Waals surface area contributed by atoms with E-state index in [1.165, 1.54) is 76.0 Å². The fraction of sp³-hybridized carbons (Fsp3) is 0.450. The first kappa shape index (κ1) is 35.1. The predicted molar refractivity (Wildman–Crippen MR) is 180 cm³/mol. The van der Waals surface area contributed by atoms with Crippen LogP contribution in [0.1, 0.15) is 94.7 Å². The lowest BCUT2D eigenvalue weighted by molar-refractivity contribution is -0.141. The number of hydrogen-bond acceptors (Lipinski definition) is 4. The predicted octanol–water partition coefficient (Wildman–Crippen LogP) is 10.2. The van der Waals surface area contributed by atoms with E-state index >= 15 is 8.78 Å². The van der Waals surface area contributed by atoms with Crippen molar-refractivity contribution in [2.75, 3.05) is 13.2 Å². The van der Waals surface area contributed by atoms with E-state index in [-0.39, 0.29) is 37.2 Å². The molecule has 1 saturated carbocycles. The van der Waals surface area contributed by atoms with Gasteiger partial charge in [0.1, 0.15) is 11.6 Å². The summed E-state index contributed by atoms with van der Waals surface area (Å²) in [5.41, 5.74) is 6.02. The van der Waals surface area contributed by atoms with Gasteiger partial charge in [0, 0.05) is 17.1 Å². The molecule has 1 aliphatic carbocycles. The maximum Gasteiger partial charge on any atom is 0.333 e. The molecule has 0 saturated heterocycles. The Morgan fingerprint density at radius 1 is 0.913 bits per heavy atom. The lowest BCUT2D eigenvalue weighted by Gasteiger charge is -2.29. The number of esters is 1. The van der Waals surface area contributed by atoms with Crippen LogP contribution in [0.25, 0.3) is 22.3 Å². The van der Waals surface area contributed by atoms with Crippen LogP contribution in [-0.2, 0) is 31.9 Å². The molecule has 246 valence electrons. The molecule has 0 aromatic heterocycles. The second-order valence-corrected chi connectivity index (χ2v) is 12.9. The quantitative estimate of drug-likeness (QED) is 0.0684. The summed E-state index contributed by atoms with van der Waals surface area (Å²) in [6, 6.07) is 17.6. The standard InChI is InChI=1S/C40H48F2O4/c1-5-7-8-9-28-10-12-31(13-11-28)32-14-16-33(17-15-32)36-19-18-34(21-30(36)6-2)35-22-38(41)37(39(42)23-35)20-29(24-45-26-43)25-46-40(44)27(3)4/h14-19,21-23,26,28-29,31H,3,5-13,20,24-25H2,1-2,4H3. The van der Waals surface area contributed by atoms with E-state index in [0.717, 1.165) is 34.6 Å². The van der Waals surface area contributed by atoms with Gasteiger partial charge in [-0.25, -0.2) is 13.6 Å². The van der Waals surface area contributed by atoms with Crippen molar-refractivity contribution in [1.82, 2.24) is 0 Å². The smallest absolute Gasteiger partial charge is 0.333 e. The van der Waals surface area contributed by atoms with E-state index in [1.54, 1.807) is 0 Å². The summed E-state index contributed by atoms with van der Waals surface area (Å²) in [4.78, 5) is 22.6. The Kier molecular flexibility index (Phi) is 13.1. The van der Waals surface area contributed by atoms with E-state index in [0.29, 0.717) is 11.5 Å². The van der Waals surface area contributed by atoms with Gasteiger partial charge in [-0.2, -0.15) is 0 Å². The van der Waals surface area contributed by atoms with Crippen molar-refractivity contribution in [1.29, 1.82) is 0 Å². The van der Waals surface area contributed by atoms with E-state index in [4.69, 9.17) is 9.47 Å². The van der Waals surface area contributed by atoms with Crippen molar-refractivity contribution in [2.24, 2.45) is 11.8 Å². The number of aryl methyl sites for hydroxylation is 1. The van der Waals surface area contributed by atoms with Gasteiger partial charge >= 0.3 is 5.97 Å². The number of unbranched alkanes of at least 4 members (excludes halogenated alkanes) is 2. The molecule has 0 radical (unpaired) electrons. The number of halogens is 2. The molecule has 0 bridgehead atoms. The Bertz CT molecular complexity index is 1450. The zero-order chi connectivity index (χ0) is 33.1. The molecule has 1 unspecified atom stereocenters. The Morgan fingerprint density at radius 3 is 2.20 bits per heavy atom. The summed E-state index contributed by atoms with van der Waals surface area (Å²) in [5.74, 6) is -1.11. The molecule has 1 fully saturated rings. The minimum absolute atomic E-state index is 0.106. The van der Waals surface area contributed by atoms with Crippen LogP contribution in [-0.4, -0.2) is 25.7 Å². The minimum Gasteiger partial charge on any atom is -0.467 e. The molecule has 1 atom stereocenters. The average Bonchev–Trinajstić information content (AvgIpc) is 3.07. The fourth-order valence-corrected chi connectivity index (χ4v) is 6.66. The summed E-state index contributed by atoms with van der Waals surface area (Å²) in [6.45, 7) is 9.34. The largest absolute Gasteiger partial charge is 0.467 e. The molecule has 3 aromatic carbocycles. The number of benzene rings is 3. The molecular formula is C40H48F2O4. The molecule has 0 N–H and O–H groups in total. The molecular weight excluding hydrogens is 582 g/mol. The van der Waals surface area contributed by atoms with E-state index in [2.05, 4.69) is 44.7 Å². The number of ether oxygens (including phenoxy) is 2. The Hall–Kier alpha value is -3.80. The number of carbonyl (C=O) groups is 2. The van der Waals surface area contributed by atoms with Gasteiger partial charge in [0.2, 0.25) is 0 Å². The molecule has 0 spiro atoms. The van der Waals surface area contributed by atoms with Gasteiger partial charge in [0.25, 0.3) is 6.47 Å². The van der Waals surface area contributed by atoms with E-state index in [9.17, 15) is 9.59 Å². The molecule has 0 heterocycles. The summed E-state index contributed by atoms with van der Waals surface area (Å²) >= 11 is 0. The van der Waals surface area contributed by atoms with Crippen molar-refractivity contribution in [3.8, 4) is 22.3 Å². The molecule has 4 rings (SSSR count). The Labute approximate surface area is 273 Å². The lowest BCUT2D eigenvalue weighted by atomic mass is 9.77. The fourth-order valence-electron chi connectivity index (χ4n) is 6.66. The van der Waals surface area contributed by atoms with Crippen LogP contribution in [0, 0.1) is 23.5 Å². The second kappa shape index (κ2) is 17.2. The maximum absolute atomic E-state index is 15.3. The Morgan fingerprint density at radius 2 is 1.59 bits per heavy atom. The number of carbonyl (C=O) groups excluding carboxylic acids is 2. The molecule has 3 aromatic rings. The van der Waals surface area contributed by atoms with Crippen LogP contribution in [0.2, 0.25) is 0 Å². The van der Waals surface area contributed by atoms with Crippen LogP contribution in [0.4, 0.5) is 8.78 Å². The van der Waals surface area contributed by atoms with Crippen molar-refractivity contribution >= 4 is 12.4 Å². The zero-order valence-electron chi connectivity index (χ0n) is 27.6. The molecule has 0 amide bonds. The van der Waals surface area contributed by atoms with Gasteiger partial charge in [0.05, 0.1) is 13.2 Å². The van der Waals surface area contributed by atoms with Crippen LogP contribution in [0.3, 0.4) is 0 Å². The Balaban J connectivity index is 1.46. The summed E-state index contributed by atoms with van der Waals surface area (Å²) in [7, 11) is 0. The first-order chi connectivity index (χ1) is 22.2. The monoisotopic (exact) mass is 630 g/mol. The van der Waals surface area contributed by atoms with Crippen LogP contribution < -0.4 is 0 Å². The van der Waals surface area contributed by atoms with Gasteiger partial charge < -0.3 is 9.47 Å². The number of hydrogen-bond donors (Lipinski definition) is 0. The summed E-state index contributed by atoms with van der Waals surface area (Å²) in [5, 5.41) is 0. The van der Waals surface area contributed by atoms with Crippen LogP contribution in [0.15, 0.2) is 66.7 Å².